The third-order valence-corrected chi connectivity index (χ3v) is 2.82. The Hall–Kier alpha value is -0.780. The number of halogens is 1. The van der Waals surface area contributed by atoms with Gasteiger partial charge in [0, 0.05) is 20.1 Å². The van der Waals surface area contributed by atoms with Crippen molar-refractivity contribution in [3.05, 3.63) is 35.4 Å². The zero-order valence-electron chi connectivity index (χ0n) is 12.4. The average molecular weight is 375 g/mol. The highest BCUT2D eigenvalue weighted by atomic mass is 127. The molecule has 1 rings (SSSR count). The van der Waals surface area contributed by atoms with E-state index in [-0.39, 0.29) is 24.0 Å². The Balaban J connectivity index is 0.00000324. The summed E-state index contributed by atoms with van der Waals surface area (Å²) in [5.41, 5.74) is 2.56. The van der Waals surface area contributed by atoms with E-state index in [0.29, 0.717) is 5.92 Å². The lowest BCUT2D eigenvalue weighted by molar-refractivity contribution is 0.573. The Labute approximate surface area is 134 Å². The molecule has 0 spiro atoms. The van der Waals surface area contributed by atoms with Crippen LogP contribution in [-0.4, -0.2) is 19.6 Å². The highest BCUT2D eigenvalue weighted by Crippen LogP contribution is 2.02. The van der Waals surface area contributed by atoms with Crippen molar-refractivity contribution >= 4 is 29.9 Å². The quantitative estimate of drug-likeness (QED) is 0.471. The molecular weight excluding hydrogens is 349 g/mol. The van der Waals surface area contributed by atoms with Crippen LogP contribution < -0.4 is 10.6 Å². The summed E-state index contributed by atoms with van der Waals surface area (Å²) in [5.74, 6) is 1.59. The number of nitrogens with zero attached hydrogens (tertiary/aromatic N) is 1. The van der Waals surface area contributed by atoms with Gasteiger partial charge in [-0.25, -0.2) is 0 Å². The molecule has 0 aliphatic rings. The molecule has 0 bridgehead atoms. The Morgan fingerprint density at radius 1 is 1.16 bits per heavy atom. The minimum atomic E-state index is 0. The number of rotatable bonds is 5. The molecule has 0 saturated heterocycles. The van der Waals surface area contributed by atoms with Gasteiger partial charge in [0.25, 0.3) is 0 Å². The Kier molecular flexibility index (Phi) is 9.65. The van der Waals surface area contributed by atoms with Crippen LogP contribution in [0.2, 0.25) is 0 Å². The second-order valence-corrected chi connectivity index (χ2v) is 5.02. The molecule has 0 aliphatic carbocycles. The number of hydrogen-bond acceptors (Lipinski definition) is 1. The van der Waals surface area contributed by atoms with Crippen LogP contribution in [0.3, 0.4) is 0 Å². The second kappa shape index (κ2) is 10.1. The molecule has 2 N–H and O–H groups in total. The zero-order chi connectivity index (χ0) is 13.4. The van der Waals surface area contributed by atoms with Crippen molar-refractivity contribution in [1.82, 2.24) is 10.6 Å². The lowest BCUT2D eigenvalue weighted by atomic mass is 10.1. The smallest absolute Gasteiger partial charge is 0.191 e. The van der Waals surface area contributed by atoms with Crippen molar-refractivity contribution in [2.24, 2.45) is 10.9 Å². The fraction of sp³-hybridized carbons (Fsp3) is 0.533. The molecule has 0 heterocycles. The summed E-state index contributed by atoms with van der Waals surface area (Å²) in [4.78, 5) is 4.21. The van der Waals surface area contributed by atoms with E-state index < -0.39 is 0 Å². The summed E-state index contributed by atoms with van der Waals surface area (Å²) < 4.78 is 0. The van der Waals surface area contributed by atoms with E-state index in [2.05, 4.69) is 60.7 Å². The summed E-state index contributed by atoms with van der Waals surface area (Å²) in [6.07, 6.45) is 1.16. The number of hydrogen-bond donors (Lipinski definition) is 2. The van der Waals surface area contributed by atoms with E-state index in [9.17, 15) is 0 Å². The Morgan fingerprint density at radius 3 is 2.32 bits per heavy atom. The van der Waals surface area contributed by atoms with Gasteiger partial charge in [-0.05, 0) is 24.8 Å². The summed E-state index contributed by atoms with van der Waals surface area (Å²) in [6.45, 7) is 8.32. The highest BCUT2D eigenvalue weighted by Gasteiger charge is 1.99. The van der Waals surface area contributed by atoms with Gasteiger partial charge in [0.05, 0.1) is 0 Å². The maximum atomic E-state index is 4.21. The number of guanidine groups is 1. The van der Waals surface area contributed by atoms with Crippen LogP contribution >= 0.6 is 24.0 Å². The van der Waals surface area contributed by atoms with Crippen molar-refractivity contribution in [3.8, 4) is 0 Å². The van der Waals surface area contributed by atoms with Gasteiger partial charge in [0.1, 0.15) is 0 Å². The van der Waals surface area contributed by atoms with Crippen LogP contribution in [0.25, 0.3) is 0 Å². The van der Waals surface area contributed by atoms with E-state index >= 15 is 0 Å². The molecule has 0 fully saturated rings. The average Bonchev–Trinajstić information content (AvgIpc) is 2.35. The van der Waals surface area contributed by atoms with Gasteiger partial charge >= 0.3 is 0 Å². The number of aryl methyl sites for hydroxylation is 1. The van der Waals surface area contributed by atoms with Crippen LogP contribution in [0.1, 0.15) is 31.4 Å². The van der Waals surface area contributed by atoms with E-state index in [1.54, 1.807) is 7.05 Å². The van der Waals surface area contributed by atoms with Gasteiger partial charge in [-0.1, -0.05) is 43.7 Å². The van der Waals surface area contributed by atoms with Gasteiger partial charge in [0.15, 0.2) is 5.96 Å². The minimum absolute atomic E-state index is 0. The molecule has 0 radical (unpaired) electrons. The van der Waals surface area contributed by atoms with Crippen molar-refractivity contribution in [2.75, 3.05) is 13.6 Å². The van der Waals surface area contributed by atoms with E-state index in [1.807, 2.05) is 0 Å². The summed E-state index contributed by atoms with van der Waals surface area (Å²) in [5, 5.41) is 6.64. The fourth-order valence-electron chi connectivity index (χ4n) is 1.59. The monoisotopic (exact) mass is 375 g/mol. The van der Waals surface area contributed by atoms with Gasteiger partial charge in [0.2, 0.25) is 0 Å². The summed E-state index contributed by atoms with van der Waals surface area (Å²) >= 11 is 0. The first-order chi connectivity index (χ1) is 8.61. The van der Waals surface area contributed by atoms with E-state index in [0.717, 1.165) is 25.5 Å². The predicted molar refractivity (Wildman–Crippen MR) is 94.3 cm³/mol. The van der Waals surface area contributed by atoms with Crippen LogP contribution in [-0.2, 0) is 6.54 Å². The number of aliphatic imine (C=N–C) groups is 1. The first-order valence-corrected chi connectivity index (χ1v) is 6.62. The first kappa shape index (κ1) is 18.2. The molecule has 0 unspecified atom stereocenters. The third kappa shape index (κ3) is 8.08. The zero-order valence-corrected chi connectivity index (χ0v) is 14.7. The van der Waals surface area contributed by atoms with Gasteiger partial charge in [-0.15, -0.1) is 24.0 Å². The molecule has 0 aromatic heterocycles. The van der Waals surface area contributed by atoms with Crippen LogP contribution in [0.15, 0.2) is 29.3 Å². The predicted octanol–water partition coefficient (Wildman–Crippen LogP) is 3.32. The topological polar surface area (TPSA) is 36.4 Å². The standard InChI is InChI=1S/C15H25N3.HI/c1-12(2)9-10-17-15(16-4)18-11-14-7-5-13(3)6-8-14;/h5-8,12H,9-11H2,1-4H3,(H2,16,17,18);1H. The number of benzene rings is 1. The SMILES string of the molecule is CN=C(NCCC(C)C)NCc1ccc(C)cc1.I. The van der Waals surface area contributed by atoms with Gasteiger partial charge in [-0.3, -0.25) is 4.99 Å². The largest absolute Gasteiger partial charge is 0.356 e. The Bertz CT molecular complexity index is 371. The van der Waals surface area contributed by atoms with Crippen molar-refractivity contribution in [1.29, 1.82) is 0 Å². The van der Waals surface area contributed by atoms with Gasteiger partial charge in [-0.2, -0.15) is 0 Å². The first-order valence-electron chi connectivity index (χ1n) is 6.62. The molecule has 3 nitrogen and oxygen atoms in total. The maximum absolute atomic E-state index is 4.21. The summed E-state index contributed by atoms with van der Waals surface area (Å²) in [7, 11) is 1.81. The molecule has 1 aromatic carbocycles. The molecule has 19 heavy (non-hydrogen) atoms. The Morgan fingerprint density at radius 2 is 1.79 bits per heavy atom. The molecule has 1 aromatic rings. The van der Waals surface area contributed by atoms with Crippen LogP contribution in [0.5, 0.6) is 0 Å². The van der Waals surface area contributed by atoms with Crippen molar-refractivity contribution in [3.63, 3.8) is 0 Å². The lowest BCUT2D eigenvalue weighted by Gasteiger charge is -2.13. The molecule has 0 aliphatic heterocycles. The van der Waals surface area contributed by atoms with Crippen molar-refractivity contribution in [2.45, 2.75) is 33.7 Å². The normalized spacial score (nSPS) is 11.1. The molecule has 4 heteroatoms. The lowest BCUT2D eigenvalue weighted by Crippen LogP contribution is -2.37. The second-order valence-electron chi connectivity index (χ2n) is 5.02. The fourth-order valence-corrected chi connectivity index (χ4v) is 1.59. The molecular formula is C15H26IN3. The minimum Gasteiger partial charge on any atom is -0.356 e. The highest BCUT2D eigenvalue weighted by molar-refractivity contribution is 14.0. The van der Waals surface area contributed by atoms with E-state index in [1.165, 1.54) is 11.1 Å². The maximum Gasteiger partial charge on any atom is 0.191 e. The van der Waals surface area contributed by atoms with Crippen molar-refractivity contribution < 1.29 is 0 Å². The molecule has 0 atom stereocenters. The molecule has 0 saturated carbocycles. The van der Waals surface area contributed by atoms with Crippen LogP contribution in [0.4, 0.5) is 0 Å². The number of nitrogens with one attached hydrogen (secondary N) is 2. The summed E-state index contributed by atoms with van der Waals surface area (Å²) in [6, 6.07) is 8.55. The van der Waals surface area contributed by atoms with E-state index in [4.69, 9.17) is 0 Å². The van der Waals surface area contributed by atoms with Crippen LogP contribution in [0, 0.1) is 12.8 Å². The molecule has 108 valence electrons. The van der Waals surface area contributed by atoms with Gasteiger partial charge < -0.3 is 10.6 Å². The molecule has 0 amide bonds. The third-order valence-electron chi connectivity index (χ3n) is 2.82.